The largest absolute Gasteiger partial charge is 0.361 e. The maximum atomic E-state index is 6.17. The SMILES string of the molecule is C[C@H]1CCCN(c2cc(N3CCCCCC3)nc(NC(=S)NCC3(c4ccc(Cl)cc4)CCCC3)n2)C1. The minimum Gasteiger partial charge on any atom is -0.361 e. The van der Waals surface area contributed by atoms with Gasteiger partial charge in [0.05, 0.1) is 0 Å². The van der Waals surface area contributed by atoms with E-state index in [1.54, 1.807) is 0 Å². The molecular weight excluding hydrogens is 500 g/mol. The van der Waals surface area contributed by atoms with Crippen LogP contribution in [0.2, 0.25) is 5.02 Å². The van der Waals surface area contributed by atoms with Gasteiger partial charge in [-0.1, -0.05) is 56.3 Å². The van der Waals surface area contributed by atoms with E-state index >= 15 is 0 Å². The number of aromatic nitrogens is 2. The zero-order chi connectivity index (χ0) is 25.7. The number of hydrogen-bond donors (Lipinski definition) is 2. The second-order valence-electron chi connectivity index (χ2n) is 11.3. The lowest BCUT2D eigenvalue weighted by Crippen LogP contribution is -2.41. The quantitative estimate of drug-likeness (QED) is 0.403. The third kappa shape index (κ3) is 6.66. The highest BCUT2D eigenvalue weighted by Crippen LogP contribution is 2.41. The molecule has 1 aromatic heterocycles. The Bertz CT molecular complexity index is 1030. The van der Waals surface area contributed by atoms with E-state index in [0.717, 1.165) is 62.2 Å². The number of halogens is 1. The molecule has 0 radical (unpaired) electrons. The first-order valence-electron chi connectivity index (χ1n) is 14.2. The highest BCUT2D eigenvalue weighted by Gasteiger charge is 2.35. The van der Waals surface area contributed by atoms with Gasteiger partial charge in [-0.15, -0.1) is 0 Å². The Balaban J connectivity index is 1.32. The Morgan fingerprint density at radius 3 is 2.27 bits per heavy atom. The number of hydrogen-bond acceptors (Lipinski definition) is 5. The molecule has 1 aromatic carbocycles. The Kier molecular flexibility index (Phi) is 8.71. The molecule has 6 nitrogen and oxygen atoms in total. The second-order valence-corrected chi connectivity index (χ2v) is 12.1. The molecule has 2 aromatic rings. The van der Waals surface area contributed by atoms with Crippen LogP contribution in [-0.4, -0.2) is 47.8 Å². The van der Waals surface area contributed by atoms with Crippen molar-refractivity contribution >= 4 is 46.5 Å². The van der Waals surface area contributed by atoms with Crippen LogP contribution >= 0.6 is 23.8 Å². The maximum absolute atomic E-state index is 6.17. The van der Waals surface area contributed by atoms with Gasteiger partial charge in [0.25, 0.3) is 0 Å². The fourth-order valence-electron chi connectivity index (χ4n) is 6.32. The molecule has 2 saturated heterocycles. The molecule has 8 heteroatoms. The molecule has 3 fully saturated rings. The number of anilines is 3. The van der Waals surface area contributed by atoms with Crippen molar-refractivity contribution < 1.29 is 0 Å². The third-order valence-electron chi connectivity index (χ3n) is 8.44. The van der Waals surface area contributed by atoms with Crippen LogP contribution in [0.25, 0.3) is 0 Å². The van der Waals surface area contributed by atoms with Gasteiger partial charge in [0.2, 0.25) is 5.95 Å². The summed E-state index contributed by atoms with van der Waals surface area (Å²) < 4.78 is 0. The molecule has 0 spiro atoms. The summed E-state index contributed by atoms with van der Waals surface area (Å²) in [5, 5.41) is 8.24. The van der Waals surface area contributed by atoms with Gasteiger partial charge in [0.1, 0.15) is 11.6 Å². The lowest BCUT2D eigenvalue weighted by Gasteiger charge is -2.33. The summed E-state index contributed by atoms with van der Waals surface area (Å²) in [5.74, 6) is 3.31. The van der Waals surface area contributed by atoms with Crippen molar-refractivity contribution in [3.63, 3.8) is 0 Å². The van der Waals surface area contributed by atoms with Crippen LogP contribution in [0.1, 0.15) is 76.7 Å². The Labute approximate surface area is 232 Å². The molecular formula is C29H41ClN6S. The van der Waals surface area contributed by atoms with Crippen molar-refractivity contribution in [1.29, 1.82) is 0 Å². The summed E-state index contributed by atoms with van der Waals surface area (Å²) in [6, 6.07) is 10.5. The summed E-state index contributed by atoms with van der Waals surface area (Å²) >= 11 is 11.9. The van der Waals surface area contributed by atoms with Gasteiger partial charge < -0.3 is 20.4 Å². The lowest BCUT2D eigenvalue weighted by atomic mass is 9.79. The Morgan fingerprint density at radius 2 is 1.59 bits per heavy atom. The molecule has 2 N–H and O–H groups in total. The van der Waals surface area contributed by atoms with E-state index in [9.17, 15) is 0 Å². The van der Waals surface area contributed by atoms with Crippen LogP contribution < -0.4 is 20.4 Å². The predicted molar refractivity (Wildman–Crippen MR) is 159 cm³/mol. The van der Waals surface area contributed by atoms with Gasteiger partial charge in [-0.25, -0.2) is 0 Å². The molecule has 0 amide bonds. The zero-order valence-corrected chi connectivity index (χ0v) is 23.7. The monoisotopic (exact) mass is 540 g/mol. The summed E-state index contributed by atoms with van der Waals surface area (Å²) in [6.07, 6.45) is 12.3. The van der Waals surface area contributed by atoms with Crippen molar-refractivity contribution in [2.45, 2.75) is 76.5 Å². The maximum Gasteiger partial charge on any atom is 0.232 e. The molecule has 2 aliphatic heterocycles. The number of thiocarbonyl (C=S) groups is 1. The zero-order valence-electron chi connectivity index (χ0n) is 22.1. The minimum absolute atomic E-state index is 0.0835. The standard InChI is InChI=1S/C29H41ClN6S/c1-22-9-8-18-36(20-22)26-19-25(35-16-6-2-3-7-17-35)32-27(33-26)34-28(37)31-21-29(14-4-5-15-29)23-10-12-24(30)13-11-23/h10-13,19,22H,2-9,14-18,20-21H2,1H3,(H2,31,32,33,34,37)/t22-/m0/s1. The van der Waals surface area contributed by atoms with Crippen LogP contribution in [-0.2, 0) is 5.41 Å². The van der Waals surface area contributed by atoms with Crippen molar-refractivity contribution in [1.82, 2.24) is 15.3 Å². The van der Waals surface area contributed by atoms with E-state index in [1.807, 2.05) is 12.1 Å². The van der Waals surface area contributed by atoms with Gasteiger partial charge in [0, 0.05) is 49.2 Å². The average Bonchev–Trinajstić information content (AvgIpc) is 3.22. The smallest absolute Gasteiger partial charge is 0.232 e. The first-order valence-corrected chi connectivity index (χ1v) is 15.0. The third-order valence-corrected chi connectivity index (χ3v) is 8.94. The van der Waals surface area contributed by atoms with Crippen LogP contribution in [0, 0.1) is 5.92 Å². The first kappa shape index (κ1) is 26.5. The molecule has 1 aliphatic carbocycles. The topological polar surface area (TPSA) is 56.3 Å². The number of nitrogens with one attached hydrogen (secondary N) is 2. The summed E-state index contributed by atoms with van der Waals surface area (Å²) in [7, 11) is 0. The fourth-order valence-corrected chi connectivity index (χ4v) is 6.61. The van der Waals surface area contributed by atoms with Crippen molar-refractivity contribution in [3.05, 3.63) is 40.9 Å². The van der Waals surface area contributed by atoms with Crippen LogP contribution in [0.3, 0.4) is 0 Å². The average molecular weight is 541 g/mol. The molecule has 200 valence electrons. The molecule has 37 heavy (non-hydrogen) atoms. The molecule has 5 rings (SSSR count). The number of nitrogens with zero attached hydrogens (tertiary/aromatic N) is 4. The molecule has 3 aliphatic rings. The van der Waals surface area contributed by atoms with E-state index in [1.165, 1.54) is 56.9 Å². The van der Waals surface area contributed by atoms with E-state index in [2.05, 4.69) is 45.6 Å². The van der Waals surface area contributed by atoms with Crippen LogP contribution in [0.4, 0.5) is 17.6 Å². The summed E-state index contributed by atoms with van der Waals surface area (Å²) in [6.45, 7) is 7.33. The predicted octanol–water partition coefficient (Wildman–Crippen LogP) is 6.55. The fraction of sp³-hybridized carbons (Fsp3) is 0.621. The van der Waals surface area contributed by atoms with Gasteiger partial charge in [-0.05, 0) is 74.4 Å². The number of benzene rings is 1. The lowest BCUT2D eigenvalue weighted by molar-refractivity contribution is 0.435. The van der Waals surface area contributed by atoms with Gasteiger partial charge in [-0.3, -0.25) is 0 Å². The summed E-state index contributed by atoms with van der Waals surface area (Å²) in [4.78, 5) is 14.8. The Morgan fingerprint density at radius 1 is 0.946 bits per heavy atom. The molecule has 3 heterocycles. The molecule has 0 unspecified atom stereocenters. The molecule has 1 atom stereocenters. The Hall–Kier alpha value is -2.12. The number of rotatable bonds is 6. The van der Waals surface area contributed by atoms with Gasteiger partial charge >= 0.3 is 0 Å². The van der Waals surface area contributed by atoms with Gasteiger partial charge in [0.15, 0.2) is 5.11 Å². The van der Waals surface area contributed by atoms with Crippen molar-refractivity contribution in [2.24, 2.45) is 5.92 Å². The van der Waals surface area contributed by atoms with Gasteiger partial charge in [-0.2, -0.15) is 9.97 Å². The van der Waals surface area contributed by atoms with Crippen LogP contribution in [0.5, 0.6) is 0 Å². The normalized spacial score (nSPS) is 21.9. The van der Waals surface area contributed by atoms with E-state index in [0.29, 0.717) is 17.0 Å². The van der Waals surface area contributed by atoms with E-state index in [-0.39, 0.29) is 5.41 Å². The molecule has 1 saturated carbocycles. The minimum atomic E-state index is 0.0835. The number of piperidine rings is 1. The second kappa shape index (κ2) is 12.2. The van der Waals surface area contributed by atoms with Crippen LogP contribution in [0.15, 0.2) is 30.3 Å². The van der Waals surface area contributed by atoms with E-state index in [4.69, 9.17) is 33.8 Å². The summed E-state index contributed by atoms with van der Waals surface area (Å²) in [5.41, 5.74) is 1.42. The first-order chi connectivity index (χ1) is 18.0. The van der Waals surface area contributed by atoms with E-state index < -0.39 is 0 Å². The van der Waals surface area contributed by atoms with Crippen molar-refractivity contribution in [2.75, 3.05) is 47.8 Å². The molecule has 0 bridgehead atoms. The van der Waals surface area contributed by atoms with Crippen molar-refractivity contribution in [3.8, 4) is 0 Å². The highest BCUT2D eigenvalue weighted by molar-refractivity contribution is 7.80. The highest BCUT2D eigenvalue weighted by atomic mass is 35.5.